The monoisotopic (exact) mass is 451 g/mol. The van der Waals surface area contributed by atoms with Gasteiger partial charge in [0.05, 0.1) is 24.3 Å². The number of ketones is 1. The number of Topliss-reactive ketones (excluding diaryl/α,β-unsaturated/α-hetero) is 1. The maximum atomic E-state index is 14.6. The van der Waals surface area contributed by atoms with Crippen molar-refractivity contribution in [3.8, 4) is 0 Å². The molecule has 1 aliphatic carbocycles. The number of nitrogens with one attached hydrogen (secondary N) is 1. The van der Waals surface area contributed by atoms with Gasteiger partial charge in [0.15, 0.2) is 5.76 Å². The normalized spacial score (nSPS) is 14.0. The molecule has 4 nitrogen and oxygen atoms in total. The van der Waals surface area contributed by atoms with Crippen LogP contribution in [0.1, 0.15) is 30.0 Å². The van der Waals surface area contributed by atoms with E-state index in [0.717, 1.165) is 0 Å². The van der Waals surface area contributed by atoms with Gasteiger partial charge < -0.3 is 10.1 Å². The van der Waals surface area contributed by atoms with E-state index in [1.807, 2.05) is 5.32 Å². The number of halogens is 5. The van der Waals surface area contributed by atoms with E-state index in [1.165, 1.54) is 24.3 Å². The van der Waals surface area contributed by atoms with E-state index in [9.17, 15) is 31.5 Å². The molecule has 0 unspecified atom stereocenters. The molecule has 0 aromatic heterocycles. The molecule has 1 aliphatic rings. The summed E-state index contributed by atoms with van der Waals surface area (Å²) in [5, 5.41) is 2.05. The minimum atomic E-state index is -4.70. The van der Waals surface area contributed by atoms with Crippen LogP contribution >= 0.6 is 0 Å². The maximum Gasteiger partial charge on any atom is 0.416 e. The Morgan fingerprint density at radius 2 is 1.84 bits per heavy atom. The second-order valence-electron chi connectivity index (χ2n) is 6.95. The molecular weight excluding hydrogens is 433 g/mol. The molecule has 0 saturated heterocycles. The van der Waals surface area contributed by atoms with E-state index in [-0.39, 0.29) is 23.5 Å². The van der Waals surface area contributed by atoms with Crippen molar-refractivity contribution in [3.63, 3.8) is 0 Å². The molecule has 0 aliphatic heterocycles. The van der Waals surface area contributed by atoms with Gasteiger partial charge in [-0.2, -0.15) is 13.2 Å². The topological polar surface area (TPSA) is 55.4 Å². The number of amides is 1. The van der Waals surface area contributed by atoms with Crippen molar-refractivity contribution in [1.82, 2.24) is 0 Å². The summed E-state index contributed by atoms with van der Waals surface area (Å²) in [6.45, 7) is 2.04. The van der Waals surface area contributed by atoms with Crippen molar-refractivity contribution in [2.45, 2.75) is 25.9 Å². The molecule has 9 heteroatoms. The molecule has 1 amide bonds. The lowest BCUT2D eigenvalue weighted by Crippen LogP contribution is -2.17. The molecule has 2 aromatic rings. The van der Waals surface area contributed by atoms with Crippen LogP contribution in [0.5, 0.6) is 0 Å². The Labute approximate surface area is 180 Å². The van der Waals surface area contributed by atoms with Crippen LogP contribution in [0.4, 0.5) is 27.6 Å². The summed E-state index contributed by atoms with van der Waals surface area (Å²) < 4.78 is 72.0. The molecule has 0 fully saturated rings. The summed E-state index contributed by atoms with van der Waals surface area (Å²) in [6, 6.07) is 5.69. The first kappa shape index (κ1) is 23.2. The van der Waals surface area contributed by atoms with Crippen molar-refractivity contribution in [3.05, 3.63) is 82.6 Å². The Hall–Kier alpha value is -3.49. The lowest BCUT2D eigenvalue weighted by atomic mass is 9.96. The maximum absolute atomic E-state index is 14.6. The molecular formula is C23H18F5NO3. The molecule has 1 N–H and O–H groups in total. The summed E-state index contributed by atoms with van der Waals surface area (Å²) in [5.74, 6) is -2.66. The third-order valence-electron chi connectivity index (χ3n) is 4.67. The highest BCUT2D eigenvalue weighted by Gasteiger charge is 2.31. The van der Waals surface area contributed by atoms with Crippen LogP contribution in [-0.2, 0) is 26.9 Å². The van der Waals surface area contributed by atoms with Gasteiger partial charge >= 0.3 is 6.18 Å². The second-order valence-corrected chi connectivity index (χ2v) is 6.95. The third-order valence-corrected chi connectivity index (χ3v) is 4.67. The smallest absolute Gasteiger partial charge is 0.416 e. The van der Waals surface area contributed by atoms with E-state index in [4.69, 9.17) is 4.74 Å². The van der Waals surface area contributed by atoms with Crippen molar-refractivity contribution >= 4 is 23.0 Å². The van der Waals surface area contributed by atoms with Crippen LogP contribution in [0, 0.1) is 11.6 Å². The van der Waals surface area contributed by atoms with Crippen molar-refractivity contribution in [2.75, 3.05) is 11.9 Å². The van der Waals surface area contributed by atoms with Gasteiger partial charge in [-0.05, 0) is 54.0 Å². The third kappa shape index (κ3) is 5.40. The van der Waals surface area contributed by atoms with Gasteiger partial charge in [0.25, 0.3) is 0 Å². The molecule has 0 heterocycles. The van der Waals surface area contributed by atoms with Crippen molar-refractivity contribution in [1.29, 1.82) is 0 Å². The van der Waals surface area contributed by atoms with Crippen molar-refractivity contribution in [2.24, 2.45) is 0 Å². The number of anilines is 1. The van der Waals surface area contributed by atoms with Gasteiger partial charge in [-0.25, -0.2) is 8.78 Å². The van der Waals surface area contributed by atoms with E-state index >= 15 is 0 Å². The Morgan fingerprint density at radius 3 is 2.50 bits per heavy atom. The highest BCUT2D eigenvalue weighted by molar-refractivity contribution is 6.01. The lowest BCUT2D eigenvalue weighted by Gasteiger charge is -2.14. The zero-order valence-electron chi connectivity index (χ0n) is 16.9. The standard InChI is InChI=1S/C23H18F5NO3/c1-2-32-21-10-14(5-8-20(21)30)13-3-4-15(18(25)9-13)11-22(31)29-19-12-16(23(26,27)28)6-7-17(19)24/h3-7,9-10,12H,2,8,11H2,1H3,(H,29,31). The van der Waals surface area contributed by atoms with E-state index < -0.39 is 41.4 Å². The minimum Gasteiger partial charge on any atom is -0.490 e. The highest BCUT2D eigenvalue weighted by Crippen LogP contribution is 2.32. The summed E-state index contributed by atoms with van der Waals surface area (Å²) in [6.07, 6.45) is -1.98. The van der Waals surface area contributed by atoms with E-state index in [1.54, 1.807) is 13.0 Å². The summed E-state index contributed by atoms with van der Waals surface area (Å²) in [4.78, 5) is 24.0. The van der Waals surface area contributed by atoms with Gasteiger partial charge in [-0.3, -0.25) is 9.59 Å². The molecule has 0 atom stereocenters. The highest BCUT2D eigenvalue weighted by atomic mass is 19.4. The van der Waals surface area contributed by atoms with Crippen LogP contribution in [0.2, 0.25) is 0 Å². The molecule has 0 spiro atoms. The summed E-state index contributed by atoms with van der Waals surface area (Å²) in [7, 11) is 0. The summed E-state index contributed by atoms with van der Waals surface area (Å²) >= 11 is 0. The number of hydrogen-bond donors (Lipinski definition) is 1. The number of carbonyl (C=O) groups is 2. The number of ether oxygens (including phenoxy) is 1. The number of allylic oxidation sites excluding steroid dienone is 4. The first-order valence-electron chi connectivity index (χ1n) is 9.61. The molecule has 3 rings (SSSR count). The van der Waals surface area contributed by atoms with Gasteiger partial charge in [0.2, 0.25) is 11.7 Å². The fourth-order valence-corrected chi connectivity index (χ4v) is 3.10. The van der Waals surface area contributed by atoms with Crippen LogP contribution in [0.25, 0.3) is 5.57 Å². The molecule has 2 aromatic carbocycles. The quantitative estimate of drug-likeness (QED) is 0.595. The predicted molar refractivity (Wildman–Crippen MR) is 107 cm³/mol. The lowest BCUT2D eigenvalue weighted by molar-refractivity contribution is -0.137. The fraction of sp³-hybridized carbons (Fsp3) is 0.217. The Balaban J connectivity index is 1.74. The average molecular weight is 451 g/mol. The molecule has 0 radical (unpaired) electrons. The Bertz CT molecular complexity index is 1120. The zero-order valence-corrected chi connectivity index (χ0v) is 16.9. The van der Waals surface area contributed by atoms with Gasteiger partial charge in [-0.15, -0.1) is 0 Å². The first-order valence-corrected chi connectivity index (χ1v) is 9.61. The predicted octanol–water partition coefficient (Wildman–Crippen LogP) is 5.44. The molecule has 168 valence electrons. The minimum absolute atomic E-state index is 0.0277. The average Bonchev–Trinajstić information content (AvgIpc) is 2.72. The van der Waals surface area contributed by atoms with Gasteiger partial charge in [0.1, 0.15) is 11.6 Å². The number of alkyl halides is 3. The first-order chi connectivity index (χ1) is 15.1. The molecule has 0 saturated carbocycles. The SMILES string of the molecule is CCOC1=CC(c2ccc(CC(=O)Nc3cc(C(F)(F)F)ccc3F)c(F)c2)=CCC1=O. The van der Waals surface area contributed by atoms with Crippen LogP contribution in [0.15, 0.2) is 54.3 Å². The zero-order chi connectivity index (χ0) is 23.5. The molecule has 0 bridgehead atoms. The van der Waals surface area contributed by atoms with E-state index in [0.29, 0.717) is 35.9 Å². The number of rotatable bonds is 6. The summed E-state index contributed by atoms with van der Waals surface area (Å²) in [5.41, 5.74) is -0.759. The fourth-order valence-electron chi connectivity index (χ4n) is 3.10. The largest absolute Gasteiger partial charge is 0.490 e. The van der Waals surface area contributed by atoms with Gasteiger partial charge in [0, 0.05) is 6.42 Å². The second kappa shape index (κ2) is 9.33. The Morgan fingerprint density at radius 1 is 1.09 bits per heavy atom. The van der Waals surface area contributed by atoms with Gasteiger partial charge in [-0.1, -0.05) is 18.2 Å². The van der Waals surface area contributed by atoms with Crippen LogP contribution < -0.4 is 5.32 Å². The van der Waals surface area contributed by atoms with E-state index in [2.05, 4.69) is 0 Å². The number of hydrogen-bond acceptors (Lipinski definition) is 3. The van der Waals surface area contributed by atoms with Crippen LogP contribution in [-0.4, -0.2) is 18.3 Å². The number of carbonyl (C=O) groups excluding carboxylic acids is 2. The van der Waals surface area contributed by atoms with Crippen molar-refractivity contribution < 1.29 is 36.3 Å². The number of benzene rings is 2. The Kier molecular flexibility index (Phi) is 6.76. The van der Waals surface area contributed by atoms with Crippen LogP contribution in [0.3, 0.4) is 0 Å². The molecule has 32 heavy (non-hydrogen) atoms.